The Bertz CT molecular complexity index is 502. The first-order valence-electron chi connectivity index (χ1n) is 7.03. The van der Waals surface area contributed by atoms with Crippen molar-refractivity contribution < 1.29 is 5.11 Å². The van der Waals surface area contributed by atoms with Crippen LogP contribution in [0.2, 0.25) is 0 Å². The van der Waals surface area contributed by atoms with E-state index < -0.39 is 0 Å². The van der Waals surface area contributed by atoms with Crippen LogP contribution < -0.4 is 5.32 Å². The zero-order chi connectivity index (χ0) is 13.5. The van der Waals surface area contributed by atoms with E-state index in [2.05, 4.69) is 23.3 Å². The molecule has 2 aromatic rings. The summed E-state index contributed by atoms with van der Waals surface area (Å²) in [6, 6.07) is 10.2. The highest BCUT2D eigenvalue weighted by molar-refractivity contribution is 5.90. The topological polar surface area (TPSA) is 45.1 Å². The van der Waals surface area contributed by atoms with Crippen LogP contribution in [0.1, 0.15) is 26.2 Å². The average molecular weight is 258 g/mol. The Kier molecular flexibility index (Phi) is 5.16. The smallest absolute Gasteiger partial charge is 0.0722 e. The van der Waals surface area contributed by atoms with E-state index in [1.165, 1.54) is 0 Å². The lowest BCUT2D eigenvalue weighted by atomic mass is 10.00. The maximum atomic E-state index is 9.09. The van der Waals surface area contributed by atoms with Gasteiger partial charge in [0.1, 0.15) is 0 Å². The lowest BCUT2D eigenvalue weighted by Gasteiger charge is -2.17. The van der Waals surface area contributed by atoms with Gasteiger partial charge in [-0.2, -0.15) is 0 Å². The van der Waals surface area contributed by atoms with Gasteiger partial charge in [-0.1, -0.05) is 31.5 Å². The van der Waals surface area contributed by atoms with Crippen LogP contribution in [-0.4, -0.2) is 23.2 Å². The SMILES string of the molecule is CCCC(CCO)CNc1ccnc2ccccc12. The lowest BCUT2D eigenvalue weighted by Crippen LogP contribution is -2.15. The molecule has 0 aliphatic heterocycles. The van der Waals surface area contributed by atoms with Crippen molar-refractivity contribution in [1.29, 1.82) is 0 Å². The highest BCUT2D eigenvalue weighted by atomic mass is 16.3. The second kappa shape index (κ2) is 7.10. The minimum atomic E-state index is 0.267. The van der Waals surface area contributed by atoms with Gasteiger partial charge >= 0.3 is 0 Å². The minimum absolute atomic E-state index is 0.267. The highest BCUT2D eigenvalue weighted by Crippen LogP contribution is 2.22. The molecule has 19 heavy (non-hydrogen) atoms. The summed E-state index contributed by atoms with van der Waals surface area (Å²) in [5, 5.41) is 13.8. The van der Waals surface area contributed by atoms with Crippen LogP contribution in [-0.2, 0) is 0 Å². The Morgan fingerprint density at radius 1 is 1.21 bits per heavy atom. The van der Waals surface area contributed by atoms with E-state index in [0.717, 1.165) is 42.4 Å². The molecule has 3 heteroatoms. The van der Waals surface area contributed by atoms with Crippen LogP contribution in [0.15, 0.2) is 36.5 Å². The first-order valence-corrected chi connectivity index (χ1v) is 7.03. The molecule has 0 spiro atoms. The number of benzene rings is 1. The van der Waals surface area contributed by atoms with E-state index in [0.29, 0.717) is 5.92 Å². The highest BCUT2D eigenvalue weighted by Gasteiger charge is 2.08. The largest absolute Gasteiger partial charge is 0.396 e. The molecular formula is C16H22N2O. The molecule has 0 fully saturated rings. The van der Waals surface area contributed by atoms with Gasteiger partial charge in [0.15, 0.2) is 0 Å². The molecule has 0 amide bonds. The summed E-state index contributed by atoms with van der Waals surface area (Å²) in [4.78, 5) is 4.36. The van der Waals surface area contributed by atoms with Crippen molar-refractivity contribution in [3.63, 3.8) is 0 Å². The fraction of sp³-hybridized carbons (Fsp3) is 0.438. The number of rotatable bonds is 7. The number of aliphatic hydroxyl groups excluding tert-OH is 1. The van der Waals surface area contributed by atoms with Gasteiger partial charge in [-0.3, -0.25) is 4.98 Å². The van der Waals surface area contributed by atoms with Gasteiger partial charge in [0.05, 0.1) is 5.52 Å². The van der Waals surface area contributed by atoms with Gasteiger partial charge in [-0.05, 0) is 30.9 Å². The van der Waals surface area contributed by atoms with Crippen molar-refractivity contribution in [2.75, 3.05) is 18.5 Å². The van der Waals surface area contributed by atoms with E-state index in [9.17, 15) is 0 Å². The molecule has 2 N–H and O–H groups in total. The molecule has 0 saturated heterocycles. The number of aromatic nitrogens is 1. The van der Waals surface area contributed by atoms with Crippen molar-refractivity contribution in [3.05, 3.63) is 36.5 Å². The number of anilines is 1. The monoisotopic (exact) mass is 258 g/mol. The number of hydrogen-bond acceptors (Lipinski definition) is 3. The Labute approximate surface area is 114 Å². The van der Waals surface area contributed by atoms with Crippen molar-refractivity contribution in [1.82, 2.24) is 4.98 Å². The first kappa shape index (κ1) is 13.8. The van der Waals surface area contributed by atoms with Crippen LogP contribution >= 0.6 is 0 Å². The summed E-state index contributed by atoms with van der Waals surface area (Å²) in [5.41, 5.74) is 2.14. The number of nitrogens with zero attached hydrogens (tertiary/aromatic N) is 1. The molecule has 1 atom stereocenters. The van der Waals surface area contributed by atoms with Crippen molar-refractivity contribution in [2.24, 2.45) is 5.92 Å². The Morgan fingerprint density at radius 3 is 2.84 bits per heavy atom. The number of nitrogens with one attached hydrogen (secondary N) is 1. The van der Waals surface area contributed by atoms with E-state index in [1.54, 1.807) is 0 Å². The van der Waals surface area contributed by atoms with Gasteiger partial charge in [-0.15, -0.1) is 0 Å². The summed E-state index contributed by atoms with van der Waals surface area (Å²) >= 11 is 0. The summed E-state index contributed by atoms with van der Waals surface area (Å²) in [5.74, 6) is 0.530. The Hall–Kier alpha value is -1.61. The zero-order valence-electron chi connectivity index (χ0n) is 11.5. The number of hydrogen-bond donors (Lipinski definition) is 2. The molecule has 102 valence electrons. The minimum Gasteiger partial charge on any atom is -0.396 e. The van der Waals surface area contributed by atoms with Crippen molar-refractivity contribution >= 4 is 16.6 Å². The van der Waals surface area contributed by atoms with Crippen molar-refractivity contribution in [3.8, 4) is 0 Å². The van der Waals surface area contributed by atoms with Crippen LogP contribution in [0.4, 0.5) is 5.69 Å². The molecule has 0 bridgehead atoms. The van der Waals surface area contributed by atoms with E-state index in [-0.39, 0.29) is 6.61 Å². The molecule has 0 aliphatic rings. The van der Waals surface area contributed by atoms with Crippen LogP contribution in [0.25, 0.3) is 10.9 Å². The average Bonchev–Trinajstić information content (AvgIpc) is 2.45. The molecule has 3 nitrogen and oxygen atoms in total. The van der Waals surface area contributed by atoms with Gasteiger partial charge < -0.3 is 10.4 Å². The van der Waals surface area contributed by atoms with Gasteiger partial charge in [0, 0.05) is 30.4 Å². The fourth-order valence-corrected chi connectivity index (χ4v) is 2.44. The third kappa shape index (κ3) is 3.67. The Morgan fingerprint density at radius 2 is 2.05 bits per heavy atom. The van der Waals surface area contributed by atoms with E-state index in [1.807, 2.05) is 30.5 Å². The molecule has 1 heterocycles. The molecule has 0 aliphatic carbocycles. The predicted octanol–water partition coefficient (Wildman–Crippen LogP) is 3.45. The maximum Gasteiger partial charge on any atom is 0.0722 e. The fourth-order valence-electron chi connectivity index (χ4n) is 2.44. The Balaban J connectivity index is 2.08. The van der Waals surface area contributed by atoms with Gasteiger partial charge in [-0.25, -0.2) is 0 Å². The molecule has 1 unspecified atom stereocenters. The number of fused-ring (bicyclic) bond motifs is 1. The first-order chi connectivity index (χ1) is 9.35. The second-order valence-corrected chi connectivity index (χ2v) is 4.92. The zero-order valence-corrected chi connectivity index (χ0v) is 11.5. The lowest BCUT2D eigenvalue weighted by molar-refractivity contribution is 0.255. The molecule has 0 radical (unpaired) electrons. The third-order valence-corrected chi connectivity index (χ3v) is 3.46. The molecule has 2 rings (SSSR count). The summed E-state index contributed by atoms with van der Waals surface area (Å²) < 4.78 is 0. The molecular weight excluding hydrogens is 236 g/mol. The normalized spacial score (nSPS) is 12.5. The van der Waals surface area contributed by atoms with Gasteiger partial charge in [0.2, 0.25) is 0 Å². The second-order valence-electron chi connectivity index (χ2n) is 4.92. The van der Waals surface area contributed by atoms with Gasteiger partial charge in [0.25, 0.3) is 0 Å². The van der Waals surface area contributed by atoms with Crippen molar-refractivity contribution in [2.45, 2.75) is 26.2 Å². The molecule has 0 saturated carbocycles. The quantitative estimate of drug-likeness (QED) is 0.799. The van der Waals surface area contributed by atoms with Crippen LogP contribution in [0, 0.1) is 5.92 Å². The van der Waals surface area contributed by atoms with Crippen LogP contribution in [0.5, 0.6) is 0 Å². The molecule has 1 aromatic heterocycles. The van der Waals surface area contributed by atoms with Crippen LogP contribution in [0.3, 0.4) is 0 Å². The number of pyridine rings is 1. The standard InChI is InChI=1S/C16H22N2O/c1-2-5-13(9-11-19)12-18-16-8-10-17-15-7-4-3-6-14(15)16/h3-4,6-8,10,13,19H,2,5,9,11-12H2,1H3,(H,17,18). The third-order valence-electron chi connectivity index (χ3n) is 3.46. The summed E-state index contributed by atoms with van der Waals surface area (Å²) in [7, 11) is 0. The summed E-state index contributed by atoms with van der Waals surface area (Å²) in [6.07, 6.45) is 5.01. The molecule has 1 aromatic carbocycles. The summed E-state index contributed by atoms with van der Waals surface area (Å²) in [6.45, 7) is 3.36. The van der Waals surface area contributed by atoms with E-state index >= 15 is 0 Å². The number of para-hydroxylation sites is 1. The number of aliphatic hydroxyl groups is 1. The van der Waals surface area contributed by atoms with E-state index in [4.69, 9.17) is 5.11 Å². The predicted molar refractivity (Wildman–Crippen MR) is 80.3 cm³/mol. The maximum absolute atomic E-state index is 9.09.